The molecule has 0 saturated heterocycles. The van der Waals surface area contributed by atoms with Crippen LogP contribution < -0.4 is 0 Å². The van der Waals surface area contributed by atoms with Crippen molar-refractivity contribution in [2.24, 2.45) is 0 Å². The molecule has 1 atom stereocenters. The number of hydrogen-bond donors (Lipinski definition) is 0. The third-order valence-electron chi connectivity index (χ3n) is 1.14. The first kappa shape index (κ1) is 8.71. The average Bonchev–Trinajstić information content (AvgIpc) is 2.03. The normalized spacial score (nSPS) is 12.9. The molecule has 0 spiro atoms. The Morgan fingerprint density at radius 1 is 1.55 bits per heavy atom. The van der Waals surface area contributed by atoms with E-state index in [4.69, 9.17) is 11.6 Å². The van der Waals surface area contributed by atoms with E-state index in [9.17, 15) is 4.21 Å². The Labute approximate surface area is 72.8 Å². The van der Waals surface area contributed by atoms with E-state index in [0.29, 0.717) is 9.92 Å². The Balaban J connectivity index is 2.96. The van der Waals surface area contributed by atoms with Gasteiger partial charge in [0.25, 0.3) is 0 Å². The minimum atomic E-state index is -1.39. The van der Waals surface area contributed by atoms with Crippen molar-refractivity contribution in [1.82, 2.24) is 0 Å². The third kappa shape index (κ3) is 2.29. The van der Waals surface area contributed by atoms with Crippen LogP contribution in [0.2, 0.25) is 5.02 Å². The lowest BCUT2D eigenvalue weighted by atomic mass is 10.4. The summed E-state index contributed by atoms with van der Waals surface area (Å²) >= 11 is 4.27. The molecule has 2 nitrogen and oxygen atoms in total. The highest BCUT2D eigenvalue weighted by Gasteiger charge is 2.00. The molecule has 0 radical (unpaired) electrons. The second-order valence-corrected chi connectivity index (χ2v) is 3.57. The second-order valence-electron chi connectivity index (χ2n) is 1.86. The molecule has 0 aliphatic heterocycles. The predicted octanol–water partition coefficient (Wildman–Crippen LogP) is 2.01. The van der Waals surface area contributed by atoms with E-state index in [2.05, 4.69) is 4.18 Å². The summed E-state index contributed by atoms with van der Waals surface area (Å²) in [6, 6.07) is 6.76. The largest absolute Gasteiger partial charge is 0.290 e. The maximum absolute atomic E-state index is 11.0. The van der Waals surface area contributed by atoms with Crippen molar-refractivity contribution >= 4 is 22.7 Å². The van der Waals surface area contributed by atoms with Gasteiger partial charge in [-0.25, -0.2) is 4.21 Å². The standard InChI is InChI=1S/C7H7ClO2S/c1-10-11(9)7-4-2-3-6(8)5-7/h2-5H,1H3/t11-/m1/s1. The number of halogens is 1. The van der Waals surface area contributed by atoms with Crippen LogP contribution in [0.15, 0.2) is 29.2 Å². The fourth-order valence-electron chi connectivity index (χ4n) is 0.667. The van der Waals surface area contributed by atoms with Crippen molar-refractivity contribution in [3.63, 3.8) is 0 Å². The summed E-state index contributed by atoms with van der Waals surface area (Å²) in [6.07, 6.45) is 0. The van der Waals surface area contributed by atoms with Crippen molar-refractivity contribution in [1.29, 1.82) is 0 Å². The van der Waals surface area contributed by atoms with Gasteiger partial charge in [-0.2, -0.15) is 0 Å². The highest BCUT2D eigenvalue weighted by Crippen LogP contribution is 2.13. The molecule has 0 fully saturated rings. The van der Waals surface area contributed by atoms with Crippen LogP contribution in [-0.4, -0.2) is 11.3 Å². The van der Waals surface area contributed by atoms with Gasteiger partial charge in [0.15, 0.2) is 11.1 Å². The van der Waals surface area contributed by atoms with Gasteiger partial charge in [-0.1, -0.05) is 17.7 Å². The lowest BCUT2D eigenvalue weighted by molar-refractivity contribution is 0.446. The Morgan fingerprint density at radius 2 is 2.27 bits per heavy atom. The molecule has 0 heterocycles. The minimum Gasteiger partial charge on any atom is -0.290 e. The van der Waals surface area contributed by atoms with Gasteiger partial charge in [-0.3, -0.25) is 4.18 Å². The van der Waals surface area contributed by atoms with Crippen LogP contribution >= 0.6 is 11.6 Å². The molecular weight excluding hydrogens is 184 g/mol. The van der Waals surface area contributed by atoms with Crippen molar-refractivity contribution in [3.8, 4) is 0 Å². The molecular formula is C7H7ClO2S. The van der Waals surface area contributed by atoms with E-state index in [1.54, 1.807) is 24.3 Å². The summed E-state index contributed by atoms with van der Waals surface area (Å²) in [5.41, 5.74) is 0. The van der Waals surface area contributed by atoms with Gasteiger partial charge in [0.2, 0.25) is 0 Å². The van der Waals surface area contributed by atoms with Crippen molar-refractivity contribution in [2.45, 2.75) is 4.90 Å². The molecule has 60 valence electrons. The van der Waals surface area contributed by atoms with E-state index in [0.717, 1.165) is 0 Å². The first-order chi connectivity index (χ1) is 5.24. The fourth-order valence-corrected chi connectivity index (χ4v) is 1.53. The molecule has 0 amide bonds. The molecule has 0 saturated carbocycles. The SMILES string of the molecule is CO[S@@](=O)c1cccc(Cl)c1. The Hall–Kier alpha value is -0.380. The van der Waals surface area contributed by atoms with E-state index in [1.807, 2.05) is 0 Å². The zero-order chi connectivity index (χ0) is 8.27. The third-order valence-corrected chi connectivity index (χ3v) is 2.32. The van der Waals surface area contributed by atoms with Gasteiger partial charge < -0.3 is 0 Å². The molecule has 1 aromatic rings. The molecule has 0 bridgehead atoms. The second kappa shape index (κ2) is 3.85. The van der Waals surface area contributed by atoms with Crippen molar-refractivity contribution < 1.29 is 8.39 Å². The van der Waals surface area contributed by atoms with Gasteiger partial charge >= 0.3 is 0 Å². The quantitative estimate of drug-likeness (QED) is 0.713. The van der Waals surface area contributed by atoms with Crippen LogP contribution in [0.3, 0.4) is 0 Å². The van der Waals surface area contributed by atoms with Crippen LogP contribution in [0.1, 0.15) is 0 Å². The molecule has 0 aromatic heterocycles. The number of hydrogen-bond acceptors (Lipinski definition) is 2. The summed E-state index contributed by atoms with van der Waals surface area (Å²) < 4.78 is 15.6. The van der Waals surface area contributed by atoms with Gasteiger partial charge in [0, 0.05) is 5.02 Å². The summed E-state index contributed by atoms with van der Waals surface area (Å²) in [6.45, 7) is 0. The van der Waals surface area contributed by atoms with Crippen LogP contribution in [0, 0.1) is 0 Å². The van der Waals surface area contributed by atoms with E-state index in [1.165, 1.54) is 7.11 Å². The Morgan fingerprint density at radius 3 is 2.82 bits per heavy atom. The minimum absolute atomic E-state index is 0.563. The summed E-state index contributed by atoms with van der Waals surface area (Å²) in [5.74, 6) is 0. The van der Waals surface area contributed by atoms with Crippen LogP contribution in [0.4, 0.5) is 0 Å². The highest BCUT2D eigenvalue weighted by molar-refractivity contribution is 7.80. The van der Waals surface area contributed by atoms with E-state index < -0.39 is 11.1 Å². The Kier molecular flexibility index (Phi) is 3.05. The summed E-state index contributed by atoms with van der Waals surface area (Å²) in [7, 11) is 1.39. The average molecular weight is 191 g/mol. The number of benzene rings is 1. The zero-order valence-corrected chi connectivity index (χ0v) is 7.48. The lowest BCUT2D eigenvalue weighted by Crippen LogP contribution is -1.91. The summed E-state index contributed by atoms with van der Waals surface area (Å²) in [5, 5.41) is 0.563. The fraction of sp³-hybridized carbons (Fsp3) is 0.143. The maximum atomic E-state index is 11.0. The smallest absolute Gasteiger partial charge is 0.188 e. The van der Waals surface area contributed by atoms with Gasteiger partial charge in [-0.05, 0) is 18.2 Å². The van der Waals surface area contributed by atoms with E-state index in [-0.39, 0.29) is 0 Å². The number of rotatable bonds is 2. The topological polar surface area (TPSA) is 26.3 Å². The first-order valence-electron chi connectivity index (χ1n) is 2.96. The molecule has 0 aliphatic rings. The Bertz CT molecular complexity index is 275. The molecule has 1 rings (SSSR count). The van der Waals surface area contributed by atoms with Crippen LogP contribution in [0.25, 0.3) is 0 Å². The van der Waals surface area contributed by atoms with Crippen molar-refractivity contribution in [2.75, 3.05) is 7.11 Å². The summed E-state index contributed by atoms with van der Waals surface area (Å²) in [4.78, 5) is 0.583. The molecule has 4 heteroatoms. The van der Waals surface area contributed by atoms with Crippen LogP contribution in [-0.2, 0) is 15.3 Å². The highest BCUT2D eigenvalue weighted by atomic mass is 35.5. The molecule has 0 unspecified atom stereocenters. The first-order valence-corrected chi connectivity index (χ1v) is 4.41. The van der Waals surface area contributed by atoms with Crippen LogP contribution in [0.5, 0.6) is 0 Å². The van der Waals surface area contributed by atoms with Gasteiger partial charge in [-0.15, -0.1) is 0 Å². The molecule has 0 N–H and O–H groups in total. The zero-order valence-electron chi connectivity index (χ0n) is 5.91. The molecule has 1 aromatic carbocycles. The van der Waals surface area contributed by atoms with Gasteiger partial charge in [0.1, 0.15) is 0 Å². The van der Waals surface area contributed by atoms with E-state index >= 15 is 0 Å². The van der Waals surface area contributed by atoms with Gasteiger partial charge in [0.05, 0.1) is 12.0 Å². The lowest BCUT2D eigenvalue weighted by Gasteiger charge is -1.97. The molecule has 0 aliphatic carbocycles. The van der Waals surface area contributed by atoms with Crippen molar-refractivity contribution in [3.05, 3.63) is 29.3 Å². The molecule has 11 heavy (non-hydrogen) atoms. The maximum Gasteiger partial charge on any atom is 0.188 e. The monoisotopic (exact) mass is 190 g/mol. The predicted molar refractivity (Wildman–Crippen MR) is 44.9 cm³/mol.